The van der Waals surface area contributed by atoms with Gasteiger partial charge in [0.15, 0.2) is 0 Å². The molecule has 1 N–H and O–H groups in total. The number of pyridine rings is 1. The standard InChI is InChI=1S/C17H25N3O3S.C2HF3O2/c1-2-24(22,23)20-11-7-17(8-12-20)6-3-16(21)19(14-17)13-15-4-9-18-10-5-15;3-2(4,5)1(6)7/h4-5,9-10H,2-3,6-8,11-14H2,1H3;(H,6,7). The number of hydrogen-bond acceptors (Lipinski definition) is 5. The van der Waals surface area contributed by atoms with Gasteiger partial charge in [-0.05, 0) is 49.3 Å². The van der Waals surface area contributed by atoms with Crippen molar-refractivity contribution in [1.82, 2.24) is 14.2 Å². The molecule has 8 nitrogen and oxygen atoms in total. The lowest BCUT2D eigenvalue weighted by molar-refractivity contribution is -0.192. The number of carboxylic acids is 1. The Labute approximate surface area is 179 Å². The highest BCUT2D eigenvalue weighted by atomic mass is 32.2. The number of amides is 1. The normalized spacial score (nSPS) is 19.6. The Kier molecular flexibility index (Phi) is 8.04. The molecule has 2 aliphatic heterocycles. The Morgan fingerprint density at radius 3 is 2.23 bits per heavy atom. The van der Waals surface area contributed by atoms with Crippen molar-refractivity contribution in [2.75, 3.05) is 25.4 Å². The van der Waals surface area contributed by atoms with Gasteiger partial charge in [0, 0.05) is 45.0 Å². The van der Waals surface area contributed by atoms with Crippen LogP contribution in [0, 0.1) is 5.41 Å². The van der Waals surface area contributed by atoms with Crippen LogP contribution in [0.4, 0.5) is 13.2 Å². The quantitative estimate of drug-likeness (QED) is 0.731. The fraction of sp³-hybridized carbons (Fsp3) is 0.632. The van der Waals surface area contributed by atoms with Gasteiger partial charge >= 0.3 is 12.1 Å². The van der Waals surface area contributed by atoms with Crippen LogP contribution in [0.5, 0.6) is 0 Å². The number of aromatic nitrogens is 1. The van der Waals surface area contributed by atoms with E-state index in [0.29, 0.717) is 26.1 Å². The van der Waals surface area contributed by atoms with Gasteiger partial charge in [-0.1, -0.05) is 0 Å². The monoisotopic (exact) mass is 465 g/mol. The summed E-state index contributed by atoms with van der Waals surface area (Å²) in [6, 6.07) is 3.87. The zero-order valence-electron chi connectivity index (χ0n) is 17.1. The van der Waals surface area contributed by atoms with Crippen LogP contribution in [0.3, 0.4) is 0 Å². The van der Waals surface area contributed by atoms with E-state index in [1.165, 1.54) is 0 Å². The third-order valence-corrected chi connectivity index (χ3v) is 7.54. The van der Waals surface area contributed by atoms with E-state index in [1.807, 2.05) is 17.0 Å². The molecule has 12 heteroatoms. The van der Waals surface area contributed by atoms with Crippen LogP contribution in [0.25, 0.3) is 0 Å². The molecular weight excluding hydrogens is 439 g/mol. The van der Waals surface area contributed by atoms with Crippen LogP contribution in [0.1, 0.15) is 38.2 Å². The van der Waals surface area contributed by atoms with E-state index < -0.39 is 22.2 Å². The second kappa shape index (κ2) is 9.94. The smallest absolute Gasteiger partial charge is 0.475 e. The molecule has 1 spiro atoms. The number of rotatable bonds is 4. The minimum atomic E-state index is -5.08. The minimum Gasteiger partial charge on any atom is -0.475 e. The van der Waals surface area contributed by atoms with Crippen LogP contribution < -0.4 is 0 Å². The number of likely N-dealkylation sites (tertiary alicyclic amines) is 1. The predicted molar refractivity (Wildman–Crippen MR) is 105 cm³/mol. The Hall–Kier alpha value is -2.21. The molecule has 3 rings (SSSR count). The Bertz CT molecular complexity index is 870. The van der Waals surface area contributed by atoms with Gasteiger partial charge in [-0.25, -0.2) is 17.5 Å². The number of alkyl halides is 3. The molecule has 31 heavy (non-hydrogen) atoms. The molecule has 0 aromatic carbocycles. The van der Waals surface area contributed by atoms with Gasteiger partial charge in [-0.15, -0.1) is 0 Å². The fourth-order valence-electron chi connectivity index (χ4n) is 3.78. The van der Waals surface area contributed by atoms with E-state index in [4.69, 9.17) is 9.90 Å². The van der Waals surface area contributed by atoms with Gasteiger partial charge in [-0.2, -0.15) is 13.2 Å². The molecule has 2 fully saturated rings. The number of carbonyl (C=O) groups excluding carboxylic acids is 1. The molecule has 1 amide bonds. The van der Waals surface area contributed by atoms with Crippen molar-refractivity contribution < 1.29 is 36.3 Å². The Morgan fingerprint density at radius 1 is 1.19 bits per heavy atom. The molecule has 0 bridgehead atoms. The van der Waals surface area contributed by atoms with Gasteiger partial charge in [0.2, 0.25) is 15.9 Å². The maximum atomic E-state index is 12.3. The van der Waals surface area contributed by atoms with E-state index in [-0.39, 0.29) is 17.1 Å². The second-order valence-electron chi connectivity index (χ2n) is 7.71. The fourth-order valence-corrected chi connectivity index (χ4v) is 4.89. The molecule has 0 unspecified atom stereocenters. The highest BCUT2D eigenvalue weighted by Crippen LogP contribution is 2.41. The number of carbonyl (C=O) groups is 2. The van der Waals surface area contributed by atoms with Crippen molar-refractivity contribution in [1.29, 1.82) is 0 Å². The highest BCUT2D eigenvalue weighted by Gasteiger charge is 2.42. The SMILES string of the molecule is CCS(=O)(=O)N1CCC2(CCC(=O)N(Cc3ccncc3)C2)CC1.O=C(O)C(F)(F)F. The molecule has 0 aliphatic carbocycles. The largest absolute Gasteiger partial charge is 0.490 e. The van der Waals surface area contributed by atoms with E-state index in [0.717, 1.165) is 31.4 Å². The Balaban J connectivity index is 0.000000423. The highest BCUT2D eigenvalue weighted by molar-refractivity contribution is 7.89. The first-order valence-corrected chi connectivity index (χ1v) is 11.4. The van der Waals surface area contributed by atoms with Crippen LogP contribution in [-0.2, 0) is 26.2 Å². The molecule has 0 atom stereocenters. The first-order chi connectivity index (χ1) is 14.4. The van der Waals surface area contributed by atoms with E-state index in [1.54, 1.807) is 23.6 Å². The summed E-state index contributed by atoms with van der Waals surface area (Å²) in [4.78, 5) is 27.1. The van der Waals surface area contributed by atoms with Crippen LogP contribution >= 0.6 is 0 Å². The molecule has 0 radical (unpaired) electrons. The summed E-state index contributed by atoms with van der Waals surface area (Å²) < 4.78 is 57.4. The first kappa shape index (κ1) is 25.1. The number of sulfonamides is 1. The molecule has 0 saturated carbocycles. The molecule has 2 saturated heterocycles. The summed E-state index contributed by atoms with van der Waals surface area (Å²) >= 11 is 0. The summed E-state index contributed by atoms with van der Waals surface area (Å²) in [7, 11) is -3.10. The topological polar surface area (TPSA) is 108 Å². The molecule has 3 heterocycles. The van der Waals surface area contributed by atoms with Crippen molar-refractivity contribution in [3.8, 4) is 0 Å². The van der Waals surface area contributed by atoms with Crippen molar-refractivity contribution in [3.63, 3.8) is 0 Å². The van der Waals surface area contributed by atoms with Gasteiger partial charge < -0.3 is 10.0 Å². The summed E-state index contributed by atoms with van der Waals surface area (Å²) in [6.07, 6.45) is 1.52. The molecule has 2 aliphatic rings. The van der Waals surface area contributed by atoms with Crippen LogP contribution in [0.15, 0.2) is 24.5 Å². The summed E-state index contributed by atoms with van der Waals surface area (Å²) in [5.41, 5.74) is 1.15. The van der Waals surface area contributed by atoms with E-state index >= 15 is 0 Å². The van der Waals surface area contributed by atoms with Gasteiger partial charge in [-0.3, -0.25) is 9.78 Å². The molecular formula is C19H26F3N3O5S. The molecule has 1 aromatic heterocycles. The lowest BCUT2D eigenvalue weighted by Gasteiger charge is -2.47. The number of piperidine rings is 2. The van der Waals surface area contributed by atoms with Gasteiger partial charge in [0.1, 0.15) is 0 Å². The zero-order chi connectivity index (χ0) is 23.3. The number of nitrogens with zero attached hydrogens (tertiary/aromatic N) is 3. The molecule has 174 valence electrons. The van der Waals surface area contributed by atoms with Gasteiger partial charge in [0.05, 0.1) is 5.75 Å². The van der Waals surface area contributed by atoms with Crippen LogP contribution in [-0.4, -0.2) is 71.2 Å². The third-order valence-electron chi connectivity index (χ3n) is 5.65. The maximum Gasteiger partial charge on any atom is 0.490 e. The average molecular weight is 465 g/mol. The minimum absolute atomic E-state index is 0.0701. The second-order valence-corrected chi connectivity index (χ2v) is 9.97. The lowest BCUT2D eigenvalue weighted by Crippen LogP contribution is -2.52. The molecule has 1 aromatic rings. The van der Waals surface area contributed by atoms with E-state index in [9.17, 15) is 26.4 Å². The zero-order valence-corrected chi connectivity index (χ0v) is 18.0. The number of halogens is 3. The van der Waals surface area contributed by atoms with Crippen molar-refractivity contribution in [2.24, 2.45) is 5.41 Å². The maximum absolute atomic E-state index is 12.3. The van der Waals surface area contributed by atoms with Gasteiger partial charge in [0.25, 0.3) is 0 Å². The van der Waals surface area contributed by atoms with E-state index in [2.05, 4.69) is 4.98 Å². The average Bonchev–Trinajstić information content (AvgIpc) is 2.72. The number of hydrogen-bond donors (Lipinski definition) is 1. The summed E-state index contributed by atoms with van der Waals surface area (Å²) in [5, 5.41) is 7.12. The predicted octanol–water partition coefficient (Wildman–Crippen LogP) is 2.27. The summed E-state index contributed by atoms with van der Waals surface area (Å²) in [6.45, 7) is 4.19. The number of carboxylic acid groups (broad SMARTS) is 1. The summed E-state index contributed by atoms with van der Waals surface area (Å²) in [5.74, 6) is -2.40. The lowest BCUT2D eigenvalue weighted by atomic mass is 9.72. The van der Waals surface area contributed by atoms with Crippen LogP contribution in [0.2, 0.25) is 0 Å². The van der Waals surface area contributed by atoms with Crippen molar-refractivity contribution >= 4 is 21.9 Å². The third kappa shape index (κ3) is 6.89. The van der Waals surface area contributed by atoms with Crippen molar-refractivity contribution in [2.45, 2.75) is 45.3 Å². The Morgan fingerprint density at radius 2 is 1.74 bits per heavy atom. The first-order valence-electron chi connectivity index (χ1n) is 9.83. The van der Waals surface area contributed by atoms with Crippen molar-refractivity contribution in [3.05, 3.63) is 30.1 Å². The number of aliphatic carboxylic acids is 1.